The molecule has 2 rings (SSSR count). The lowest BCUT2D eigenvalue weighted by atomic mass is 9.99. The summed E-state index contributed by atoms with van der Waals surface area (Å²) in [7, 11) is 0. The maximum absolute atomic E-state index is 5.96. The second-order valence-corrected chi connectivity index (χ2v) is 5.96. The van der Waals surface area contributed by atoms with Crippen LogP contribution in [0.4, 0.5) is 0 Å². The smallest absolute Gasteiger partial charge is 0.125 e. The number of halogens is 1. The van der Waals surface area contributed by atoms with Gasteiger partial charge >= 0.3 is 0 Å². The molecule has 2 aromatic rings. The number of rotatable bonds is 6. The molecule has 1 N–H and O–H groups in total. The van der Waals surface area contributed by atoms with E-state index in [1.807, 2.05) is 0 Å². The fraction of sp³-hybridized carbons (Fsp3) is 0.412. The molecule has 1 aromatic carbocycles. The Hall–Kier alpha value is -1.06. The number of hydrogen-bond acceptors (Lipinski definition) is 2. The molecule has 1 aromatic heterocycles. The Morgan fingerprint density at radius 3 is 2.65 bits per heavy atom. The summed E-state index contributed by atoms with van der Waals surface area (Å²) in [5, 5.41) is 3.59. The standard InChI is InChI=1S/C17H22BrNO/c1-4-10-19-17(16-9-8-14(5-2)20-16)15-11-13(18)7-6-12(15)3/h6-9,11,17,19H,4-5,10H2,1-3H3. The van der Waals surface area contributed by atoms with Crippen LogP contribution in [-0.2, 0) is 6.42 Å². The zero-order chi connectivity index (χ0) is 14.5. The zero-order valence-corrected chi connectivity index (χ0v) is 14.0. The normalized spacial score (nSPS) is 12.6. The lowest BCUT2D eigenvalue weighted by molar-refractivity contribution is 0.421. The summed E-state index contributed by atoms with van der Waals surface area (Å²) in [6, 6.07) is 10.7. The van der Waals surface area contributed by atoms with Crippen molar-refractivity contribution in [3.63, 3.8) is 0 Å². The van der Waals surface area contributed by atoms with E-state index in [4.69, 9.17) is 4.42 Å². The van der Waals surface area contributed by atoms with E-state index in [1.165, 1.54) is 11.1 Å². The van der Waals surface area contributed by atoms with Crippen LogP contribution in [0.25, 0.3) is 0 Å². The molecule has 0 radical (unpaired) electrons. The highest BCUT2D eigenvalue weighted by molar-refractivity contribution is 9.10. The number of hydrogen-bond donors (Lipinski definition) is 1. The molecule has 0 fully saturated rings. The van der Waals surface area contributed by atoms with Crippen LogP contribution in [0.2, 0.25) is 0 Å². The first-order valence-corrected chi connectivity index (χ1v) is 8.03. The molecule has 3 heteroatoms. The monoisotopic (exact) mass is 335 g/mol. The SMILES string of the molecule is CCCNC(c1ccc(CC)o1)c1cc(Br)ccc1C. The highest BCUT2D eigenvalue weighted by Gasteiger charge is 2.19. The maximum Gasteiger partial charge on any atom is 0.125 e. The minimum absolute atomic E-state index is 0.118. The molecule has 20 heavy (non-hydrogen) atoms. The molecule has 0 amide bonds. The molecule has 0 aliphatic carbocycles. The molecule has 0 aliphatic heterocycles. The van der Waals surface area contributed by atoms with Gasteiger partial charge in [0.1, 0.15) is 11.5 Å². The number of furan rings is 1. The molecule has 1 heterocycles. The van der Waals surface area contributed by atoms with Gasteiger partial charge in [-0.1, -0.05) is 35.8 Å². The Balaban J connectivity index is 2.38. The Labute approximate surface area is 129 Å². The average Bonchev–Trinajstić information content (AvgIpc) is 2.92. The molecular weight excluding hydrogens is 314 g/mol. The van der Waals surface area contributed by atoms with Gasteiger partial charge in [0.25, 0.3) is 0 Å². The van der Waals surface area contributed by atoms with E-state index in [-0.39, 0.29) is 6.04 Å². The van der Waals surface area contributed by atoms with Gasteiger partial charge in [0.2, 0.25) is 0 Å². The third-order valence-corrected chi connectivity index (χ3v) is 3.96. The summed E-state index contributed by atoms with van der Waals surface area (Å²) in [6.45, 7) is 7.41. The first-order chi connectivity index (χ1) is 9.65. The van der Waals surface area contributed by atoms with E-state index in [2.05, 4.69) is 72.3 Å². The Kier molecular flexibility index (Phi) is 5.44. The molecule has 108 valence electrons. The van der Waals surface area contributed by atoms with Gasteiger partial charge in [0.15, 0.2) is 0 Å². The minimum atomic E-state index is 0.118. The molecule has 0 saturated heterocycles. The van der Waals surface area contributed by atoms with Crippen LogP contribution in [0.5, 0.6) is 0 Å². The summed E-state index contributed by atoms with van der Waals surface area (Å²) >= 11 is 3.57. The Morgan fingerprint density at radius 2 is 2.00 bits per heavy atom. The van der Waals surface area contributed by atoms with Gasteiger partial charge in [-0.15, -0.1) is 0 Å². The van der Waals surface area contributed by atoms with Crippen LogP contribution in [0.1, 0.15) is 49.0 Å². The molecule has 0 saturated carbocycles. The van der Waals surface area contributed by atoms with E-state index in [9.17, 15) is 0 Å². The molecule has 1 atom stereocenters. The average molecular weight is 336 g/mol. The van der Waals surface area contributed by atoms with E-state index in [1.54, 1.807) is 0 Å². The lowest BCUT2D eigenvalue weighted by Gasteiger charge is -2.19. The van der Waals surface area contributed by atoms with Crippen LogP contribution in [-0.4, -0.2) is 6.54 Å². The van der Waals surface area contributed by atoms with Crippen LogP contribution >= 0.6 is 15.9 Å². The topological polar surface area (TPSA) is 25.2 Å². The fourth-order valence-corrected chi connectivity index (χ4v) is 2.69. The zero-order valence-electron chi connectivity index (χ0n) is 12.4. The molecule has 2 nitrogen and oxygen atoms in total. The molecule has 0 aliphatic rings. The van der Waals surface area contributed by atoms with Crippen LogP contribution in [0.15, 0.2) is 39.2 Å². The summed E-state index contributed by atoms with van der Waals surface area (Å²) in [4.78, 5) is 0. The Morgan fingerprint density at radius 1 is 1.20 bits per heavy atom. The maximum atomic E-state index is 5.96. The number of aryl methyl sites for hydroxylation is 2. The van der Waals surface area contributed by atoms with Crippen molar-refractivity contribution < 1.29 is 4.42 Å². The summed E-state index contributed by atoms with van der Waals surface area (Å²) in [5.41, 5.74) is 2.54. The molecule has 0 bridgehead atoms. The highest BCUT2D eigenvalue weighted by atomic mass is 79.9. The van der Waals surface area contributed by atoms with Crippen molar-refractivity contribution >= 4 is 15.9 Å². The molecule has 0 spiro atoms. The van der Waals surface area contributed by atoms with Crippen molar-refractivity contribution in [2.75, 3.05) is 6.54 Å². The largest absolute Gasteiger partial charge is 0.464 e. The fourth-order valence-electron chi connectivity index (χ4n) is 2.31. The van der Waals surface area contributed by atoms with E-state index in [0.717, 1.165) is 35.4 Å². The van der Waals surface area contributed by atoms with Crippen molar-refractivity contribution in [2.45, 2.75) is 39.7 Å². The number of benzene rings is 1. The third-order valence-electron chi connectivity index (χ3n) is 3.47. The van der Waals surface area contributed by atoms with Crippen molar-refractivity contribution in [3.8, 4) is 0 Å². The lowest BCUT2D eigenvalue weighted by Crippen LogP contribution is -2.23. The van der Waals surface area contributed by atoms with Crippen LogP contribution < -0.4 is 5.32 Å². The number of nitrogens with one attached hydrogen (secondary N) is 1. The first-order valence-electron chi connectivity index (χ1n) is 7.23. The minimum Gasteiger partial charge on any atom is -0.464 e. The van der Waals surface area contributed by atoms with Crippen LogP contribution in [0, 0.1) is 6.92 Å². The van der Waals surface area contributed by atoms with Gasteiger partial charge in [0.05, 0.1) is 6.04 Å². The van der Waals surface area contributed by atoms with Gasteiger partial charge in [-0.3, -0.25) is 0 Å². The third kappa shape index (κ3) is 3.53. The van der Waals surface area contributed by atoms with Crippen LogP contribution in [0.3, 0.4) is 0 Å². The highest BCUT2D eigenvalue weighted by Crippen LogP contribution is 2.29. The van der Waals surface area contributed by atoms with E-state index < -0.39 is 0 Å². The van der Waals surface area contributed by atoms with Crippen molar-refractivity contribution in [2.24, 2.45) is 0 Å². The van der Waals surface area contributed by atoms with Crippen molar-refractivity contribution in [1.29, 1.82) is 0 Å². The second kappa shape index (κ2) is 7.09. The summed E-state index contributed by atoms with van der Waals surface area (Å²) in [5.74, 6) is 2.03. The predicted octanol–water partition coefficient (Wildman–Crippen LogP) is 5.00. The van der Waals surface area contributed by atoms with E-state index in [0.29, 0.717) is 0 Å². The molecular formula is C17H22BrNO. The van der Waals surface area contributed by atoms with Gasteiger partial charge < -0.3 is 9.73 Å². The second-order valence-electron chi connectivity index (χ2n) is 5.05. The van der Waals surface area contributed by atoms with Gasteiger partial charge in [-0.05, 0) is 55.3 Å². The summed E-state index contributed by atoms with van der Waals surface area (Å²) in [6.07, 6.45) is 2.03. The van der Waals surface area contributed by atoms with Crippen molar-refractivity contribution in [3.05, 3.63) is 57.5 Å². The quantitative estimate of drug-likeness (QED) is 0.803. The first kappa shape index (κ1) is 15.3. The van der Waals surface area contributed by atoms with Gasteiger partial charge in [-0.25, -0.2) is 0 Å². The van der Waals surface area contributed by atoms with Crippen molar-refractivity contribution in [1.82, 2.24) is 5.32 Å². The van der Waals surface area contributed by atoms with Gasteiger partial charge in [0, 0.05) is 10.9 Å². The van der Waals surface area contributed by atoms with Gasteiger partial charge in [-0.2, -0.15) is 0 Å². The predicted molar refractivity (Wildman–Crippen MR) is 87.1 cm³/mol. The molecule has 1 unspecified atom stereocenters. The van der Waals surface area contributed by atoms with E-state index >= 15 is 0 Å². The summed E-state index contributed by atoms with van der Waals surface area (Å²) < 4.78 is 7.06. The Bertz CT molecular complexity index is 562.